The molecule has 33 heavy (non-hydrogen) atoms. The Morgan fingerprint density at radius 3 is 2.48 bits per heavy atom. The van der Waals surface area contributed by atoms with Gasteiger partial charge in [-0.2, -0.15) is 4.31 Å². The fourth-order valence-electron chi connectivity index (χ4n) is 3.86. The second-order valence-corrected chi connectivity index (χ2v) is 10.0. The molecule has 0 saturated heterocycles. The van der Waals surface area contributed by atoms with E-state index in [-0.39, 0.29) is 30.5 Å². The highest BCUT2D eigenvalue weighted by molar-refractivity contribution is 7.89. The third-order valence-electron chi connectivity index (χ3n) is 5.66. The highest BCUT2D eigenvalue weighted by Crippen LogP contribution is 2.28. The first-order valence-electron chi connectivity index (χ1n) is 11.1. The van der Waals surface area contributed by atoms with Crippen LogP contribution >= 0.6 is 0 Å². The number of hydrogen-bond acceptors (Lipinski definition) is 4. The van der Waals surface area contributed by atoms with E-state index in [1.165, 1.54) is 4.31 Å². The van der Waals surface area contributed by atoms with Crippen LogP contribution in [0.25, 0.3) is 0 Å². The van der Waals surface area contributed by atoms with Crippen molar-refractivity contribution in [2.24, 2.45) is 0 Å². The monoisotopic (exact) mass is 464 g/mol. The molecule has 0 aromatic heterocycles. The summed E-state index contributed by atoms with van der Waals surface area (Å²) in [4.78, 5) is 13.0. The van der Waals surface area contributed by atoms with E-state index in [2.05, 4.69) is 12.2 Å². The lowest BCUT2D eigenvalue weighted by Gasteiger charge is -2.20. The molecule has 1 amide bonds. The minimum absolute atomic E-state index is 0.147. The van der Waals surface area contributed by atoms with Gasteiger partial charge in [0.25, 0.3) is 5.91 Å². The Morgan fingerprint density at radius 1 is 1.00 bits per heavy atom. The van der Waals surface area contributed by atoms with Gasteiger partial charge in [0.15, 0.2) is 0 Å². The van der Waals surface area contributed by atoms with Gasteiger partial charge in [-0.05, 0) is 47.9 Å². The number of carbonyl (C=O) groups excluding carboxylic acids is 1. The molecule has 3 aromatic carbocycles. The summed E-state index contributed by atoms with van der Waals surface area (Å²) in [5, 5.41) is 2.91. The quantitative estimate of drug-likeness (QED) is 0.570. The van der Waals surface area contributed by atoms with Crippen LogP contribution in [-0.2, 0) is 29.5 Å². The third-order valence-corrected chi connectivity index (χ3v) is 7.52. The number of nitrogens with zero attached hydrogens (tertiary/aromatic N) is 1. The molecule has 7 heteroatoms. The topological polar surface area (TPSA) is 75.7 Å². The van der Waals surface area contributed by atoms with Crippen LogP contribution in [0, 0.1) is 0 Å². The lowest BCUT2D eigenvalue weighted by Crippen LogP contribution is -2.32. The van der Waals surface area contributed by atoms with E-state index in [9.17, 15) is 13.2 Å². The van der Waals surface area contributed by atoms with E-state index in [0.717, 1.165) is 24.0 Å². The highest BCUT2D eigenvalue weighted by atomic mass is 32.2. The molecule has 0 radical (unpaired) electrons. The number of hydrogen-bond donors (Lipinski definition) is 1. The van der Waals surface area contributed by atoms with E-state index in [0.29, 0.717) is 23.4 Å². The maximum atomic E-state index is 13.3. The molecule has 1 aliphatic rings. The van der Waals surface area contributed by atoms with Crippen molar-refractivity contribution >= 4 is 15.9 Å². The van der Waals surface area contributed by atoms with Gasteiger partial charge in [-0.25, -0.2) is 8.42 Å². The fourth-order valence-corrected chi connectivity index (χ4v) is 5.26. The first-order chi connectivity index (χ1) is 16.0. The molecule has 0 saturated carbocycles. The molecule has 172 valence electrons. The van der Waals surface area contributed by atoms with Crippen molar-refractivity contribution in [1.29, 1.82) is 0 Å². The van der Waals surface area contributed by atoms with Crippen LogP contribution in [0.15, 0.2) is 77.7 Å². The largest absolute Gasteiger partial charge is 0.492 e. The smallest absolute Gasteiger partial charge is 0.251 e. The second kappa shape index (κ2) is 10.2. The highest BCUT2D eigenvalue weighted by Gasteiger charge is 2.28. The zero-order valence-corrected chi connectivity index (χ0v) is 19.5. The minimum Gasteiger partial charge on any atom is -0.492 e. The van der Waals surface area contributed by atoms with Gasteiger partial charge in [0, 0.05) is 30.8 Å². The molecular weight excluding hydrogens is 436 g/mol. The van der Waals surface area contributed by atoms with Crippen LogP contribution in [0.5, 0.6) is 5.75 Å². The Bertz CT molecular complexity index is 1210. The second-order valence-electron chi connectivity index (χ2n) is 8.07. The van der Waals surface area contributed by atoms with Crippen molar-refractivity contribution in [2.75, 3.05) is 13.2 Å². The Labute approximate surface area is 195 Å². The average molecular weight is 465 g/mol. The summed E-state index contributed by atoms with van der Waals surface area (Å²) < 4.78 is 33.8. The average Bonchev–Trinajstić information content (AvgIpc) is 3.06. The molecule has 0 atom stereocenters. The summed E-state index contributed by atoms with van der Waals surface area (Å²) in [6, 6.07) is 21.9. The summed E-state index contributed by atoms with van der Waals surface area (Å²) in [5.41, 5.74) is 3.26. The van der Waals surface area contributed by atoms with Crippen LogP contribution in [0.2, 0.25) is 0 Å². The number of aryl methyl sites for hydroxylation is 1. The summed E-state index contributed by atoms with van der Waals surface area (Å²) >= 11 is 0. The predicted molar refractivity (Wildman–Crippen MR) is 128 cm³/mol. The first-order valence-corrected chi connectivity index (χ1v) is 12.6. The Balaban J connectivity index is 1.51. The van der Waals surface area contributed by atoms with Gasteiger partial charge in [-0.1, -0.05) is 55.8 Å². The number of rotatable bonds is 7. The predicted octanol–water partition coefficient (Wildman–Crippen LogP) is 4.15. The van der Waals surface area contributed by atoms with Crippen molar-refractivity contribution < 1.29 is 17.9 Å². The minimum atomic E-state index is -3.69. The number of benzene rings is 3. The zero-order chi connectivity index (χ0) is 23.3. The van der Waals surface area contributed by atoms with Crippen molar-refractivity contribution in [2.45, 2.75) is 37.8 Å². The molecule has 0 spiro atoms. The molecule has 0 bridgehead atoms. The number of amides is 1. The van der Waals surface area contributed by atoms with E-state index in [1.54, 1.807) is 30.3 Å². The van der Waals surface area contributed by atoms with Gasteiger partial charge in [-0.15, -0.1) is 0 Å². The number of sulfonamides is 1. The van der Waals surface area contributed by atoms with Gasteiger partial charge < -0.3 is 10.1 Å². The summed E-state index contributed by atoms with van der Waals surface area (Å²) in [5.74, 6) is 0.387. The number of fused-ring (bicyclic) bond motifs is 1. The van der Waals surface area contributed by atoms with E-state index in [4.69, 9.17) is 4.74 Å². The van der Waals surface area contributed by atoms with Gasteiger partial charge in [-0.3, -0.25) is 4.79 Å². The van der Waals surface area contributed by atoms with Crippen LogP contribution in [0.1, 0.15) is 40.4 Å². The summed E-state index contributed by atoms with van der Waals surface area (Å²) in [7, 11) is -3.69. The van der Waals surface area contributed by atoms with Gasteiger partial charge >= 0.3 is 0 Å². The Morgan fingerprint density at radius 2 is 1.76 bits per heavy atom. The third kappa shape index (κ3) is 5.43. The molecule has 1 aliphatic heterocycles. The molecule has 0 unspecified atom stereocenters. The van der Waals surface area contributed by atoms with Crippen molar-refractivity contribution in [1.82, 2.24) is 9.62 Å². The molecular formula is C26H28N2O4S. The molecule has 0 aliphatic carbocycles. The molecule has 3 aromatic rings. The van der Waals surface area contributed by atoms with Gasteiger partial charge in [0.1, 0.15) is 12.4 Å². The molecule has 1 heterocycles. The van der Waals surface area contributed by atoms with Gasteiger partial charge in [0.2, 0.25) is 10.0 Å². The van der Waals surface area contributed by atoms with Crippen molar-refractivity contribution in [3.63, 3.8) is 0 Å². The molecule has 0 fully saturated rings. The van der Waals surface area contributed by atoms with Crippen molar-refractivity contribution in [3.8, 4) is 5.75 Å². The maximum Gasteiger partial charge on any atom is 0.251 e. The molecule has 6 nitrogen and oxygen atoms in total. The van der Waals surface area contributed by atoms with Crippen LogP contribution in [0.3, 0.4) is 0 Å². The van der Waals surface area contributed by atoms with Crippen molar-refractivity contribution in [3.05, 3.63) is 95.1 Å². The molecule has 1 N–H and O–H groups in total. The SMILES string of the molecule is CCCc1ccc(S(=O)(=O)N2CCOc3ccc(C(=O)NCc4ccccc4)cc3C2)cc1. The molecule has 4 rings (SSSR count). The van der Waals surface area contributed by atoms with E-state index < -0.39 is 10.0 Å². The fraction of sp³-hybridized carbons (Fsp3) is 0.269. The van der Waals surface area contributed by atoms with E-state index >= 15 is 0 Å². The van der Waals surface area contributed by atoms with Gasteiger partial charge in [0.05, 0.1) is 4.90 Å². The first kappa shape index (κ1) is 23.0. The van der Waals surface area contributed by atoms with Crippen LogP contribution in [0.4, 0.5) is 0 Å². The van der Waals surface area contributed by atoms with E-state index in [1.807, 2.05) is 42.5 Å². The Hall–Kier alpha value is -3.16. The maximum absolute atomic E-state index is 13.3. The number of ether oxygens (including phenoxy) is 1. The number of nitrogens with one attached hydrogen (secondary N) is 1. The van der Waals surface area contributed by atoms with Crippen LogP contribution in [-0.4, -0.2) is 31.8 Å². The normalized spacial score (nSPS) is 14.1. The van der Waals surface area contributed by atoms with Crippen LogP contribution < -0.4 is 10.1 Å². The standard InChI is InChI=1S/C26H28N2O4S/c1-2-6-20-9-12-24(13-10-20)33(30,31)28-15-16-32-25-14-11-22(17-23(25)19-28)26(29)27-18-21-7-4-3-5-8-21/h3-5,7-14,17H,2,6,15-16,18-19H2,1H3,(H,27,29). The summed E-state index contributed by atoms with van der Waals surface area (Å²) in [6.45, 7) is 3.15. The Kier molecular flexibility index (Phi) is 7.11. The zero-order valence-electron chi connectivity index (χ0n) is 18.7. The lowest BCUT2D eigenvalue weighted by molar-refractivity contribution is 0.0950. The lowest BCUT2D eigenvalue weighted by atomic mass is 10.1. The number of carbonyl (C=O) groups is 1. The summed E-state index contributed by atoms with van der Waals surface area (Å²) in [6.07, 6.45) is 1.92.